The molecular formula is C21H20F2N6O2. The van der Waals surface area contributed by atoms with Crippen molar-refractivity contribution in [3.8, 4) is 0 Å². The highest BCUT2D eigenvalue weighted by molar-refractivity contribution is 5.91. The van der Waals surface area contributed by atoms with Crippen LogP contribution in [0.5, 0.6) is 0 Å². The first kappa shape index (κ1) is 19.5. The summed E-state index contributed by atoms with van der Waals surface area (Å²) in [4.78, 5) is 34.8. The number of halogens is 2. The van der Waals surface area contributed by atoms with Crippen molar-refractivity contribution in [3.05, 3.63) is 53.5 Å². The molecule has 3 fully saturated rings. The summed E-state index contributed by atoms with van der Waals surface area (Å²) >= 11 is 0. The summed E-state index contributed by atoms with van der Waals surface area (Å²) < 4.78 is 27.4. The lowest BCUT2D eigenvalue weighted by Crippen LogP contribution is -2.60. The molecule has 160 valence electrons. The van der Waals surface area contributed by atoms with E-state index in [1.807, 2.05) is 4.90 Å². The number of nitrogens with zero attached hydrogens (tertiary/aromatic N) is 5. The van der Waals surface area contributed by atoms with Gasteiger partial charge in [0.15, 0.2) is 0 Å². The number of fused-ring (bicyclic) bond motifs is 2. The first-order valence-electron chi connectivity index (χ1n) is 10.1. The molecule has 2 aromatic rings. The van der Waals surface area contributed by atoms with E-state index in [1.54, 1.807) is 12.3 Å². The van der Waals surface area contributed by atoms with Crippen molar-refractivity contribution < 1.29 is 18.4 Å². The number of hydrogen-bond acceptors (Lipinski definition) is 6. The van der Waals surface area contributed by atoms with E-state index in [1.165, 1.54) is 23.5 Å². The van der Waals surface area contributed by atoms with Gasteiger partial charge in [-0.05, 0) is 36.0 Å². The molecule has 10 heteroatoms. The molecule has 2 amide bonds. The number of carbonyl (C=O) groups is 2. The standard InChI is InChI=1S/C21H20F2N6O2/c22-14-4-11(5-15(23)6-14)17-1-2-27-29(17)21(31)19-12-3-13(19)9-28(8-12)18-7-16(20(24)30)25-10-26-18/h2,4-7,10,12-13,17,19H,1,3,8-9H2,(H2,24,30)/t12-,13?,17?,19?/m1/s1. The molecule has 6 rings (SSSR count). The number of amides is 2. The lowest BCUT2D eigenvalue weighted by atomic mass is 9.61. The third-order valence-corrected chi connectivity index (χ3v) is 6.37. The van der Waals surface area contributed by atoms with Crippen LogP contribution < -0.4 is 10.6 Å². The molecule has 0 radical (unpaired) electrons. The van der Waals surface area contributed by atoms with Crippen molar-refractivity contribution in [2.75, 3.05) is 18.0 Å². The van der Waals surface area contributed by atoms with Crippen LogP contribution in [0.2, 0.25) is 0 Å². The molecule has 2 bridgehead atoms. The fourth-order valence-corrected chi connectivity index (χ4v) is 4.96. The number of benzene rings is 1. The van der Waals surface area contributed by atoms with Crippen molar-refractivity contribution in [2.45, 2.75) is 18.9 Å². The summed E-state index contributed by atoms with van der Waals surface area (Å²) in [6.45, 7) is 1.22. The molecule has 4 aliphatic rings. The molecular weight excluding hydrogens is 406 g/mol. The lowest BCUT2D eigenvalue weighted by Gasteiger charge is -2.53. The van der Waals surface area contributed by atoms with Gasteiger partial charge in [0.1, 0.15) is 29.5 Å². The number of nitrogens with two attached hydrogens (primary N) is 1. The molecule has 4 heterocycles. The maximum absolute atomic E-state index is 13.7. The first-order chi connectivity index (χ1) is 14.9. The molecule has 1 aromatic heterocycles. The number of anilines is 1. The van der Waals surface area contributed by atoms with Gasteiger partial charge >= 0.3 is 0 Å². The molecule has 1 aromatic carbocycles. The minimum atomic E-state index is -0.675. The topological polar surface area (TPSA) is 105 Å². The molecule has 2 N–H and O–H groups in total. The minimum absolute atomic E-state index is 0.110. The molecule has 31 heavy (non-hydrogen) atoms. The van der Waals surface area contributed by atoms with Gasteiger partial charge < -0.3 is 10.6 Å². The zero-order valence-electron chi connectivity index (χ0n) is 16.5. The van der Waals surface area contributed by atoms with Gasteiger partial charge in [-0.15, -0.1) is 0 Å². The zero-order chi connectivity index (χ0) is 21.7. The van der Waals surface area contributed by atoms with E-state index in [-0.39, 0.29) is 29.4 Å². The summed E-state index contributed by atoms with van der Waals surface area (Å²) in [7, 11) is 0. The monoisotopic (exact) mass is 426 g/mol. The van der Waals surface area contributed by atoms with Crippen LogP contribution in [0.3, 0.4) is 0 Å². The SMILES string of the molecule is NC(=O)c1cc(N2CC3C[C@H](C2)C3C(=O)N2N=CCC2c2cc(F)cc(F)c2)ncn1. The number of piperidine rings is 2. The maximum Gasteiger partial charge on any atom is 0.267 e. The van der Waals surface area contributed by atoms with Gasteiger partial charge in [0, 0.05) is 43.8 Å². The van der Waals surface area contributed by atoms with Gasteiger partial charge in [0.05, 0.1) is 6.04 Å². The Morgan fingerprint density at radius 1 is 1.03 bits per heavy atom. The molecule has 2 saturated heterocycles. The summed E-state index contributed by atoms with van der Waals surface area (Å²) in [5, 5.41) is 5.60. The van der Waals surface area contributed by atoms with E-state index < -0.39 is 23.6 Å². The van der Waals surface area contributed by atoms with Gasteiger partial charge in [0.25, 0.3) is 5.91 Å². The van der Waals surface area contributed by atoms with Crippen molar-refractivity contribution in [3.63, 3.8) is 0 Å². The van der Waals surface area contributed by atoms with Crippen LogP contribution in [-0.2, 0) is 4.79 Å². The average Bonchev–Trinajstić information content (AvgIpc) is 3.23. The Bertz CT molecular complexity index is 1060. The Kier molecular flexibility index (Phi) is 4.64. The molecule has 1 aliphatic carbocycles. The number of hydrazone groups is 1. The van der Waals surface area contributed by atoms with Crippen LogP contribution in [0.15, 0.2) is 35.7 Å². The van der Waals surface area contributed by atoms with Crippen LogP contribution >= 0.6 is 0 Å². The third-order valence-electron chi connectivity index (χ3n) is 6.37. The van der Waals surface area contributed by atoms with Gasteiger partial charge in [-0.25, -0.2) is 23.8 Å². The van der Waals surface area contributed by atoms with Crippen LogP contribution in [-0.4, -0.2) is 46.1 Å². The van der Waals surface area contributed by atoms with Crippen LogP contribution in [0.1, 0.15) is 34.9 Å². The van der Waals surface area contributed by atoms with E-state index >= 15 is 0 Å². The fourth-order valence-electron chi connectivity index (χ4n) is 4.96. The van der Waals surface area contributed by atoms with Crippen LogP contribution in [0, 0.1) is 29.4 Å². The predicted molar refractivity (Wildman–Crippen MR) is 107 cm³/mol. The summed E-state index contributed by atoms with van der Waals surface area (Å²) in [6, 6.07) is 4.36. The molecule has 3 aliphatic heterocycles. The number of aromatic nitrogens is 2. The van der Waals surface area contributed by atoms with Crippen molar-refractivity contribution >= 4 is 23.8 Å². The number of hydrogen-bond donors (Lipinski definition) is 1. The second kappa shape index (κ2) is 7.36. The Balaban J connectivity index is 1.31. The summed E-state index contributed by atoms with van der Waals surface area (Å²) in [5.74, 6) is -1.47. The Labute approximate surface area is 176 Å². The predicted octanol–water partition coefficient (Wildman–Crippen LogP) is 1.89. The van der Waals surface area contributed by atoms with E-state index in [4.69, 9.17) is 5.73 Å². The molecule has 8 nitrogen and oxygen atoms in total. The Morgan fingerprint density at radius 2 is 1.74 bits per heavy atom. The van der Waals surface area contributed by atoms with E-state index in [0.717, 1.165) is 12.5 Å². The van der Waals surface area contributed by atoms with E-state index in [9.17, 15) is 18.4 Å². The molecule has 3 unspecified atom stereocenters. The maximum atomic E-state index is 13.7. The van der Waals surface area contributed by atoms with E-state index in [0.29, 0.717) is 30.9 Å². The van der Waals surface area contributed by atoms with Gasteiger partial charge in [-0.3, -0.25) is 9.59 Å². The van der Waals surface area contributed by atoms with Gasteiger partial charge in [0.2, 0.25) is 5.91 Å². The Morgan fingerprint density at radius 3 is 2.42 bits per heavy atom. The highest BCUT2D eigenvalue weighted by atomic mass is 19.1. The van der Waals surface area contributed by atoms with Crippen LogP contribution in [0.25, 0.3) is 0 Å². The average molecular weight is 426 g/mol. The highest BCUT2D eigenvalue weighted by Crippen LogP contribution is 2.48. The quantitative estimate of drug-likeness (QED) is 0.804. The summed E-state index contributed by atoms with van der Waals surface area (Å²) in [5.41, 5.74) is 5.85. The lowest BCUT2D eigenvalue weighted by molar-refractivity contribution is -0.148. The molecule has 0 spiro atoms. The largest absolute Gasteiger partial charge is 0.364 e. The minimum Gasteiger partial charge on any atom is -0.364 e. The van der Waals surface area contributed by atoms with Gasteiger partial charge in [-0.1, -0.05) is 0 Å². The smallest absolute Gasteiger partial charge is 0.267 e. The molecule has 4 atom stereocenters. The number of rotatable bonds is 4. The third kappa shape index (κ3) is 3.41. The number of carbonyl (C=O) groups excluding carboxylic acids is 2. The molecule has 1 saturated carbocycles. The van der Waals surface area contributed by atoms with E-state index in [2.05, 4.69) is 15.1 Å². The first-order valence-corrected chi connectivity index (χ1v) is 10.1. The normalized spacial score (nSPS) is 26.6. The zero-order valence-corrected chi connectivity index (χ0v) is 16.5. The van der Waals surface area contributed by atoms with Crippen molar-refractivity contribution in [1.82, 2.24) is 15.0 Å². The fraction of sp³-hybridized carbons (Fsp3) is 0.381. The van der Waals surface area contributed by atoms with Gasteiger partial charge in [-0.2, -0.15) is 5.10 Å². The second-order valence-corrected chi connectivity index (χ2v) is 8.25. The second-order valence-electron chi connectivity index (χ2n) is 8.25. The number of primary amides is 1. The van der Waals surface area contributed by atoms with Crippen molar-refractivity contribution in [1.29, 1.82) is 0 Å². The highest BCUT2D eigenvalue weighted by Gasteiger charge is 2.53. The Hall–Kier alpha value is -3.43. The van der Waals surface area contributed by atoms with Crippen molar-refractivity contribution in [2.24, 2.45) is 28.6 Å². The van der Waals surface area contributed by atoms with Crippen LogP contribution in [0.4, 0.5) is 14.6 Å². The summed E-state index contributed by atoms with van der Waals surface area (Å²) in [6.07, 6.45) is 4.25.